The molecule has 18 nitrogen and oxygen atoms in total. The van der Waals surface area contributed by atoms with E-state index in [1.165, 1.54) is 47.8 Å². The highest BCUT2D eigenvalue weighted by Gasteiger charge is 2.55. The first-order valence-corrected chi connectivity index (χ1v) is 27.0. The molecule has 75 heavy (non-hydrogen) atoms. The molecule has 10 rings (SSSR count). The number of halogens is 1. The van der Waals surface area contributed by atoms with Gasteiger partial charge >= 0.3 is 0 Å². The zero-order valence-corrected chi connectivity index (χ0v) is 43.7. The number of rotatable bonds is 17. The van der Waals surface area contributed by atoms with Crippen LogP contribution in [0.1, 0.15) is 98.3 Å². The Morgan fingerprint density at radius 3 is 2.49 bits per heavy atom. The van der Waals surface area contributed by atoms with Crippen LogP contribution in [-0.4, -0.2) is 114 Å². The van der Waals surface area contributed by atoms with Crippen LogP contribution in [0.3, 0.4) is 0 Å². The van der Waals surface area contributed by atoms with Crippen molar-refractivity contribution in [2.75, 3.05) is 63.7 Å². The Bertz CT molecular complexity index is 3220. The number of H-pyrrole nitrogens is 1. The van der Waals surface area contributed by atoms with Gasteiger partial charge in [-0.15, -0.1) is 0 Å². The van der Waals surface area contributed by atoms with Crippen molar-refractivity contribution in [3.05, 3.63) is 130 Å². The third kappa shape index (κ3) is 10.8. The van der Waals surface area contributed by atoms with E-state index in [2.05, 4.69) is 77.8 Å². The summed E-state index contributed by atoms with van der Waals surface area (Å²) in [5.41, 5.74) is 3.68. The number of fused-ring (bicyclic) bond motifs is 1. The maximum atomic E-state index is 14.7. The number of ether oxygens (including phenoxy) is 3. The lowest BCUT2D eigenvalue weighted by Gasteiger charge is -2.63. The number of piperazine rings is 1. The molecule has 3 aromatic carbocycles. The predicted octanol–water partition coefficient (Wildman–Crippen LogP) is 8.94. The van der Waals surface area contributed by atoms with Crippen molar-refractivity contribution in [3.63, 3.8) is 0 Å². The smallest absolute Gasteiger partial charge is 0.293 e. The van der Waals surface area contributed by atoms with Crippen molar-refractivity contribution in [2.24, 2.45) is 11.3 Å². The third-order valence-electron chi connectivity index (χ3n) is 15.8. The van der Waals surface area contributed by atoms with Crippen LogP contribution in [0.5, 0.6) is 23.1 Å². The van der Waals surface area contributed by atoms with Crippen molar-refractivity contribution in [2.45, 2.75) is 94.3 Å². The average Bonchev–Trinajstić information content (AvgIpc) is 3.74. The van der Waals surface area contributed by atoms with Gasteiger partial charge in [0.25, 0.3) is 27.5 Å². The third-order valence-corrected chi connectivity index (χ3v) is 17.1. The lowest BCUT2D eigenvalue weighted by Crippen LogP contribution is -2.68. The van der Waals surface area contributed by atoms with E-state index in [1.54, 1.807) is 33.3 Å². The quantitative estimate of drug-likeness (QED) is 0.0495. The molecule has 0 radical (unpaired) electrons. The number of aromatic amines is 1. The fourth-order valence-electron chi connectivity index (χ4n) is 11.6. The largest absolute Gasteiger partial charge is 0.491 e. The normalized spacial score (nSPS) is 21.1. The summed E-state index contributed by atoms with van der Waals surface area (Å²) in [7, 11) is -1.45. The van der Waals surface area contributed by atoms with E-state index in [4.69, 9.17) is 14.2 Å². The van der Waals surface area contributed by atoms with E-state index in [1.807, 2.05) is 12.3 Å². The molecule has 1 spiro atoms. The molecule has 2 saturated heterocycles. The average molecular weight is 1050 g/mol. The molecule has 1 unspecified atom stereocenters. The number of nitrogens with zero attached hydrogens (tertiary/aromatic N) is 6. The molecular weight excluding hydrogens is 982 g/mol. The van der Waals surface area contributed by atoms with E-state index in [0.717, 1.165) is 82.3 Å². The van der Waals surface area contributed by atoms with Crippen LogP contribution in [-0.2, 0) is 16.6 Å². The SMILES string of the molecule is COc1cc(CN2CCN(C3CC4(C3)CN(c3ccc(C(=O)NS(=O)(=O)c5ccc(NC[C@H]6CC[C@](C)(O)CC6)c([N+](=O)[O-])c5)c(Oc5cnc6[nH]cc(F)c6c5)c3)C4)C(c3ccccc3C(C)C)C2)cnc1OC. The first-order valence-electron chi connectivity index (χ1n) is 25.6. The number of carbonyl (C=O) groups excluding carboxylic acids is 1. The van der Waals surface area contributed by atoms with Crippen LogP contribution in [0, 0.1) is 27.3 Å². The van der Waals surface area contributed by atoms with Gasteiger partial charge in [-0.3, -0.25) is 24.7 Å². The molecule has 2 saturated carbocycles. The Labute approximate surface area is 435 Å². The number of nitro benzene ring substituents is 1. The first kappa shape index (κ1) is 51.6. The van der Waals surface area contributed by atoms with Gasteiger partial charge in [0, 0.05) is 93.5 Å². The zero-order valence-electron chi connectivity index (χ0n) is 42.8. The molecule has 4 aliphatic rings. The molecule has 6 aromatic rings. The van der Waals surface area contributed by atoms with Crippen molar-refractivity contribution >= 4 is 44.0 Å². The highest BCUT2D eigenvalue weighted by atomic mass is 32.2. The number of aliphatic hydroxyl groups is 1. The number of methoxy groups -OCH3 is 2. The van der Waals surface area contributed by atoms with E-state index in [0.29, 0.717) is 48.6 Å². The number of sulfonamides is 1. The lowest BCUT2D eigenvalue weighted by atomic mass is 9.59. The fourth-order valence-corrected chi connectivity index (χ4v) is 12.6. The second-order valence-corrected chi connectivity index (χ2v) is 23.1. The lowest BCUT2D eigenvalue weighted by molar-refractivity contribution is -0.384. The number of nitro groups is 1. The van der Waals surface area contributed by atoms with Crippen LogP contribution in [0.15, 0.2) is 96.3 Å². The minimum Gasteiger partial charge on any atom is -0.491 e. The molecule has 4 N–H and O–H groups in total. The summed E-state index contributed by atoms with van der Waals surface area (Å²) in [5.74, 6) is 0.133. The molecule has 2 aliphatic carbocycles. The highest BCUT2D eigenvalue weighted by molar-refractivity contribution is 7.90. The molecule has 4 fully saturated rings. The summed E-state index contributed by atoms with van der Waals surface area (Å²) in [6.07, 6.45) is 9.15. The number of hydrogen-bond donors (Lipinski definition) is 4. The van der Waals surface area contributed by atoms with Gasteiger partial charge in [0.15, 0.2) is 5.75 Å². The van der Waals surface area contributed by atoms with Gasteiger partial charge in [-0.25, -0.2) is 27.5 Å². The molecule has 5 heterocycles. The molecule has 396 valence electrons. The van der Waals surface area contributed by atoms with Gasteiger partial charge in [-0.2, -0.15) is 0 Å². The maximum absolute atomic E-state index is 14.7. The number of amides is 1. The number of hydrogen-bond acceptors (Lipinski definition) is 15. The van der Waals surface area contributed by atoms with Gasteiger partial charge in [0.05, 0.1) is 46.8 Å². The fraction of sp³-hybridized carbons (Fsp3) is 0.436. The Morgan fingerprint density at radius 2 is 1.76 bits per heavy atom. The topological polar surface area (TPSA) is 218 Å². The van der Waals surface area contributed by atoms with E-state index in [-0.39, 0.29) is 45.5 Å². The molecule has 1 atom stereocenters. The van der Waals surface area contributed by atoms with Crippen LogP contribution in [0.4, 0.5) is 21.5 Å². The first-order chi connectivity index (χ1) is 35.9. The standard InChI is InChI=1S/C55H64FN9O9S/c1-34(2)41-8-6-7-9-42(41)48-31-62(30-36-20-50(72-4)53(73-5)60-27-36)18-19-64(48)38-24-55(25-38)32-63(33-55)37-10-12-43(49(21-37)74-39-22-44-45(56)29-59-51(44)58-28-39)52(66)61-75(70,71)40-11-13-46(47(23-40)65(68)69)57-26-35-14-16-54(3,67)17-15-35/h6-13,20-23,27-29,34-35,38,48,57,67H,14-19,24-26,30-33H2,1-5H3,(H,58,59)(H,61,66)/t35-,48?,54-. The Balaban J connectivity index is 0.848. The number of pyridine rings is 2. The van der Waals surface area contributed by atoms with Crippen LogP contribution < -0.4 is 29.1 Å². The number of benzene rings is 3. The summed E-state index contributed by atoms with van der Waals surface area (Å²) in [5, 5.41) is 25.8. The van der Waals surface area contributed by atoms with Crippen molar-refractivity contribution in [1.29, 1.82) is 0 Å². The summed E-state index contributed by atoms with van der Waals surface area (Å²) in [4.78, 5) is 44.1. The molecule has 3 aromatic heterocycles. The molecule has 1 amide bonds. The number of aromatic nitrogens is 3. The molecule has 20 heteroatoms. The summed E-state index contributed by atoms with van der Waals surface area (Å²) >= 11 is 0. The minimum atomic E-state index is -4.65. The van der Waals surface area contributed by atoms with Crippen molar-refractivity contribution in [1.82, 2.24) is 29.5 Å². The maximum Gasteiger partial charge on any atom is 0.293 e. The van der Waals surface area contributed by atoms with Gasteiger partial charge in [0.1, 0.15) is 28.7 Å². The summed E-state index contributed by atoms with van der Waals surface area (Å²) in [6.45, 7) is 11.6. The van der Waals surface area contributed by atoms with E-state index in [9.17, 15) is 32.8 Å². The van der Waals surface area contributed by atoms with Crippen LogP contribution in [0.2, 0.25) is 0 Å². The highest BCUT2D eigenvalue weighted by Crippen LogP contribution is 2.54. The van der Waals surface area contributed by atoms with Crippen LogP contribution >= 0.6 is 0 Å². The van der Waals surface area contributed by atoms with Gasteiger partial charge in [-0.05, 0) is 110 Å². The Hall–Kier alpha value is -6.87. The van der Waals surface area contributed by atoms with E-state index < -0.39 is 42.9 Å². The van der Waals surface area contributed by atoms with E-state index >= 15 is 0 Å². The molecule has 2 aliphatic heterocycles. The second-order valence-electron chi connectivity index (χ2n) is 21.4. The summed E-state index contributed by atoms with van der Waals surface area (Å²) in [6, 6.07) is 21.1. The minimum absolute atomic E-state index is 0.00730. The Morgan fingerprint density at radius 1 is 0.987 bits per heavy atom. The van der Waals surface area contributed by atoms with Gasteiger partial charge in [-0.1, -0.05) is 38.1 Å². The number of nitrogens with one attached hydrogen (secondary N) is 3. The molecular formula is C55H64FN9O9S. The van der Waals surface area contributed by atoms with Crippen molar-refractivity contribution < 1.29 is 41.8 Å². The second kappa shape index (κ2) is 20.7. The van der Waals surface area contributed by atoms with Crippen molar-refractivity contribution in [3.8, 4) is 23.1 Å². The number of carbonyl (C=O) groups is 1. The number of anilines is 2. The monoisotopic (exact) mass is 1050 g/mol. The Kier molecular flexibility index (Phi) is 14.2. The zero-order chi connectivity index (χ0) is 52.8. The molecule has 0 bridgehead atoms. The summed E-state index contributed by atoms with van der Waals surface area (Å²) < 4.78 is 61.7. The van der Waals surface area contributed by atoms with Gasteiger partial charge < -0.3 is 34.5 Å². The predicted molar refractivity (Wildman–Crippen MR) is 282 cm³/mol. The van der Waals surface area contributed by atoms with Gasteiger partial charge in [0.2, 0.25) is 0 Å². The van der Waals surface area contributed by atoms with Crippen LogP contribution in [0.25, 0.3) is 11.0 Å².